The largest absolute Gasteiger partial charge is 0.310 e. The minimum absolute atomic E-state index is 0.0408. The molecule has 0 atom stereocenters. The molecule has 0 saturated carbocycles. The fourth-order valence-electron chi connectivity index (χ4n) is 7.14. The summed E-state index contributed by atoms with van der Waals surface area (Å²) >= 11 is 0. The number of para-hydroxylation sites is 2. The average Bonchev–Trinajstić information content (AvgIpc) is 3.32. The Morgan fingerprint density at radius 3 is 1.80 bits per heavy atom. The highest BCUT2D eigenvalue weighted by Gasteiger charge is 2.36. The first kappa shape index (κ1) is 26.2. The van der Waals surface area contributed by atoms with Crippen molar-refractivity contribution in [2.45, 2.75) is 19.3 Å². The van der Waals surface area contributed by atoms with Gasteiger partial charge < -0.3 is 4.90 Å². The standard InChI is InChI=1S/C43H33N/c1-43(2)40-19-11-9-18-38(40)39-28-24-33-29-32(23-27-37(33)42(39)43)36-17-10-12-20-41(36)44(34-15-7-4-8-16-34)35-25-21-31(22-26-35)30-13-5-3-6-14-30/h3-29H,1-2H3. The predicted molar refractivity (Wildman–Crippen MR) is 187 cm³/mol. The van der Waals surface area contributed by atoms with E-state index in [0.29, 0.717) is 0 Å². The minimum Gasteiger partial charge on any atom is -0.310 e. The van der Waals surface area contributed by atoms with E-state index in [0.717, 1.165) is 17.1 Å². The SMILES string of the molecule is CC1(C)c2ccccc2-c2ccc3cc(-c4ccccc4N(c4ccccc4)c4ccc(-c5ccccc5)cc4)ccc3c21. The molecule has 0 radical (unpaired) electrons. The molecule has 0 aliphatic heterocycles. The van der Waals surface area contributed by atoms with Gasteiger partial charge in [-0.3, -0.25) is 0 Å². The normalized spacial score (nSPS) is 13.0. The van der Waals surface area contributed by atoms with Crippen LogP contribution in [0, 0.1) is 0 Å². The molecule has 0 aromatic heterocycles. The van der Waals surface area contributed by atoms with Gasteiger partial charge in [0.1, 0.15) is 0 Å². The Balaban J connectivity index is 1.26. The van der Waals surface area contributed by atoms with Crippen LogP contribution >= 0.6 is 0 Å². The first-order chi connectivity index (χ1) is 21.6. The summed E-state index contributed by atoms with van der Waals surface area (Å²) in [5.41, 5.74) is 13.8. The Kier molecular flexibility index (Phi) is 6.20. The molecule has 0 saturated heterocycles. The highest BCUT2D eigenvalue weighted by Crippen LogP contribution is 2.51. The van der Waals surface area contributed by atoms with Crippen LogP contribution in [0.15, 0.2) is 164 Å². The Hall–Kier alpha value is -5.40. The molecule has 7 aromatic carbocycles. The lowest BCUT2D eigenvalue weighted by molar-refractivity contribution is 0.666. The zero-order valence-electron chi connectivity index (χ0n) is 25.0. The van der Waals surface area contributed by atoms with E-state index in [4.69, 9.17) is 0 Å². The molecule has 8 rings (SSSR count). The van der Waals surface area contributed by atoms with E-state index < -0.39 is 0 Å². The number of nitrogens with zero attached hydrogens (tertiary/aromatic N) is 1. The molecule has 44 heavy (non-hydrogen) atoms. The number of fused-ring (bicyclic) bond motifs is 5. The Labute approximate surface area is 259 Å². The van der Waals surface area contributed by atoms with Crippen molar-refractivity contribution in [3.63, 3.8) is 0 Å². The third-order valence-corrected chi connectivity index (χ3v) is 9.24. The third kappa shape index (κ3) is 4.24. The van der Waals surface area contributed by atoms with Crippen LogP contribution in [0.3, 0.4) is 0 Å². The van der Waals surface area contributed by atoms with Crippen molar-refractivity contribution in [3.05, 3.63) is 175 Å². The maximum absolute atomic E-state index is 2.37. The molecule has 0 heterocycles. The van der Waals surface area contributed by atoms with E-state index in [-0.39, 0.29) is 5.41 Å². The van der Waals surface area contributed by atoms with E-state index in [2.05, 4.69) is 183 Å². The first-order valence-electron chi connectivity index (χ1n) is 15.4. The zero-order valence-corrected chi connectivity index (χ0v) is 25.0. The molecule has 1 nitrogen and oxygen atoms in total. The van der Waals surface area contributed by atoms with Crippen molar-refractivity contribution in [3.8, 4) is 33.4 Å². The summed E-state index contributed by atoms with van der Waals surface area (Å²) in [7, 11) is 0. The molecule has 7 aromatic rings. The summed E-state index contributed by atoms with van der Waals surface area (Å²) in [4.78, 5) is 2.37. The summed E-state index contributed by atoms with van der Waals surface area (Å²) in [5.74, 6) is 0. The molecule has 210 valence electrons. The fraction of sp³-hybridized carbons (Fsp3) is 0.0698. The molecular weight excluding hydrogens is 530 g/mol. The van der Waals surface area contributed by atoms with Gasteiger partial charge in [-0.15, -0.1) is 0 Å². The van der Waals surface area contributed by atoms with Crippen LogP contribution in [0.2, 0.25) is 0 Å². The number of anilines is 3. The van der Waals surface area contributed by atoms with E-state index in [1.165, 1.54) is 55.3 Å². The second-order valence-electron chi connectivity index (χ2n) is 12.2. The van der Waals surface area contributed by atoms with Gasteiger partial charge in [0.15, 0.2) is 0 Å². The van der Waals surface area contributed by atoms with E-state index >= 15 is 0 Å². The van der Waals surface area contributed by atoms with Crippen LogP contribution in [0.5, 0.6) is 0 Å². The summed E-state index contributed by atoms with van der Waals surface area (Å²) in [5, 5.41) is 2.61. The molecule has 1 aliphatic carbocycles. The third-order valence-electron chi connectivity index (χ3n) is 9.24. The van der Waals surface area contributed by atoms with Crippen LogP contribution in [0.1, 0.15) is 25.0 Å². The summed E-state index contributed by atoms with van der Waals surface area (Å²) < 4.78 is 0. The van der Waals surface area contributed by atoms with Crippen molar-refractivity contribution >= 4 is 27.8 Å². The van der Waals surface area contributed by atoms with Gasteiger partial charge >= 0.3 is 0 Å². The highest BCUT2D eigenvalue weighted by atomic mass is 15.1. The Morgan fingerprint density at radius 1 is 0.432 bits per heavy atom. The quantitative estimate of drug-likeness (QED) is 0.201. The van der Waals surface area contributed by atoms with Crippen LogP contribution < -0.4 is 4.90 Å². The summed E-state index contributed by atoms with van der Waals surface area (Å²) in [6, 6.07) is 59.4. The Morgan fingerprint density at radius 2 is 1.02 bits per heavy atom. The second-order valence-corrected chi connectivity index (χ2v) is 12.2. The van der Waals surface area contributed by atoms with Crippen molar-refractivity contribution < 1.29 is 0 Å². The van der Waals surface area contributed by atoms with Crippen molar-refractivity contribution in [2.24, 2.45) is 0 Å². The van der Waals surface area contributed by atoms with E-state index in [1.807, 2.05) is 0 Å². The van der Waals surface area contributed by atoms with E-state index in [9.17, 15) is 0 Å². The maximum atomic E-state index is 2.37. The van der Waals surface area contributed by atoms with Crippen LogP contribution in [-0.4, -0.2) is 0 Å². The number of rotatable bonds is 5. The number of hydrogen-bond donors (Lipinski definition) is 0. The van der Waals surface area contributed by atoms with Gasteiger partial charge in [-0.1, -0.05) is 141 Å². The maximum Gasteiger partial charge on any atom is 0.0540 e. The summed E-state index contributed by atoms with van der Waals surface area (Å²) in [6.45, 7) is 4.72. The second kappa shape index (κ2) is 10.4. The molecule has 0 spiro atoms. The van der Waals surface area contributed by atoms with Gasteiger partial charge in [0, 0.05) is 22.4 Å². The predicted octanol–water partition coefficient (Wildman–Crippen LogP) is 11.9. The van der Waals surface area contributed by atoms with Gasteiger partial charge in [0.25, 0.3) is 0 Å². The van der Waals surface area contributed by atoms with Crippen LogP contribution in [0.4, 0.5) is 17.1 Å². The van der Waals surface area contributed by atoms with Gasteiger partial charge in [0.2, 0.25) is 0 Å². The van der Waals surface area contributed by atoms with Crippen molar-refractivity contribution in [1.29, 1.82) is 0 Å². The van der Waals surface area contributed by atoms with Crippen LogP contribution in [0.25, 0.3) is 44.2 Å². The molecule has 1 aliphatic rings. The average molecular weight is 564 g/mol. The minimum atomic E-state index is -0.0408. The van der Waals surface area contributed by atoms with Gasteiger partial charge in [-0.05, 0) is 86.1 Å². The molecule has 0 N–H and O–H groups in total. The highest BCUT2D eigenvalue weighted by molar-refractivity contribution is 6.00. The molecule has 0 amide bonds. The summed E-state index contributed by atoms with van der Waals surface area (Å²) in [6.07, 6.45) is 0. The zero-order chi connectivity index (χ0) is 29.7. The van der Waals surface area contributed by atoms with Crippen molar-refractivity contribution in [2.75, 3.05) is 4.90 Å². The van der Waals surface area contributed by atoms with Gasteiger partial charge in [0.05, 0.1) is 5.69 Å². The topological polar surface area (TPSA) is 3.24 Å². The molecule has 1 heteroatoms. The lowest BCUT2D eigenvalue weighted by Gasteiger charge is -2.28. The lowest BCUT2D eigenvalue weighted by atomic mass is 9.80. The Bertz CT molecular complexity index is 2120. The number of benzene rings is 7. The van der Waals surface area contributed by atoms with Crippen molar-refractivity contribution in [1.82, 2.24) is 0 Å². The van der Waals surface area contributed by atoms with Crippen LogP contribution in [-0.2, 0) is 5.41 Å². The van der Waals surface area contributed by atoms with Gasteiger partial charge in [-0.25, -0.2) is 0 Å². The lowest BCUT2D eigenvalue weighted by Crippen LogP contribution is -2.15. The molecule has 0 unspecified atom stereocenters. The first-order valence-corrected chi connectivity index (χ1v) is 15.4. The molecular formula is C43H33N. The van der Waals surface area contributed by atoms with E-state index in [1.54, 1.807) is 0 Å². The molecule has 0 fully saturated rings. The number of hydrogen-bond acceptors (Lipinski definition) is 1. The fourth-order valence-corrected chi connectivity index (χ4v) is 7.14. The molecule has 0 bridgehead atoms. The smallest absolute Gasteiger partial charge is 0.0540 e. The monoisotopic (exact) mass is 563 g/mol. The van der Waals surface area contributed by atoms with Gasteiger partial charge in [-0.2, -0.15) is 0 Å².